The van der Waals surface area contributed by atoms with Crippen molar-refractivity contribution < 1.29 is 0 Å². The Kier molecular flexibility index (Phi) is 5.08. The fourth-order valence-electron chi connectivity index (χ4n) is 4.05. The molecule has 0 unspecified atom stereocenters. The molecule has 0 aliphatic carbocycles. The fraction of sp³-hybridized carbons (Fsp3) is 1.00. The van der Waals surface area contributed by atoms with Gasteiger partial charge in [0.1, 0.15) is 0 Å². The first-order valence-electron chi connectivity index (χ1n) is 8.14. The van der Waals surface area contributed by atoms with Gasteiger partial charge < -0.3 is 4.90 Å². The summed E-state index contributed by atoms with van der Waals surface area (Å²) in [4.78, 5) is 5.33. The molecule has 0 aromatic rings. The Morgan fingerprint density at radius 2 is 1.61 bits per heavy atom. The summed E-state index contributed by atoms with van der Waals surface area (Å²) in [5.74, 6) is 0.967. The monoisotopic (exact) mass is 252 g/mol. The predicted octanol–water partition coefficient (Wildman–Crippen LogP) is 3.37. The summed E-state index contributed by atoms with van der Waals surface area (Å²) < 4.78 is 0. The van der Waals surface area contributed by atoms with Crippen molar-refractivity contribution in [1.29, 1.82) is 0 Å². The van der Waals surface area contributed by atoms with Gasteiger partial charge in [0.05, 0.1) is 0 Å². The van der Waals surface area contributed by atoms with Gasteiger partial charge in [0.25, 0.3) is 0 Å². The maximum atomic E-state index is 2.84. The molecule has 2 rings (SSSR count). The minimum atomic E-state index is 0.604. The van der Waals surface area contributed by atoms with Crippen LogP contribution < -0.4 is 0 Å². The van der Waals surface area contributed by atoms with E-state index in [1.165, 1.54) is 71.1 Å². The first-order chi connectivity index (χ1) is 8.70. The van der Waals surface area contributed by atoms with Crippen LogP contribution in [0.2, 0.25) is 0 Å². The van der Waals surface area contributed by atoms with Gasteiger partial charge >= 0.3 is 0 Å². The van der Waals surface area contributed by atoms with Crippen molar-refractivity contribution in [3.05, 3.63) is 0 Å². The number of rotatable bonds is 6. The lowest BCUT2D eigenvalue weighted by Gasteiger charge is -2.55. The average molecular weight is 252 g/mol. The molecule has 2 heterocycles. The standard InChI is InChI=1S/C16H32N2/c1-4-8-16(9-5-2)10-13-18(16)14-15-6-11-17(3)12-7-15/h15H,4-14H2,1-3H3. The Balaban J connectivity index is 1.84. The zero-order valence-corrected chi connectivity index (χ0v) is 12.7. The van der Waals surface area contributed by atoms with E-state index in [9.17, 15) is 0 Å². The fourth-order valence-corrected chi connectivity index (χ4v) is 4.05. The molecule has 0 radical (unpaired) electrons. The molecule has 2 heteroatoms. The topological polar surface area (TPSA) is 6.48 Å². The maximum absolute atomic E-state index is 2.84. The highest BCUT2D eigenvalue weighted by Crippen LogP contribution is 2.40. The molecule has 0 amide bonds. The molecule has 0 atom stereocenters. The summed E-state index contributed by atoms with van der Waals surface area (Å²) >= 11 is 0. The van der Waals surface area contributed by atoms with Crippen LogP contribution >= 0.6 is 0 Å². The van der Waals surface area contributed by atoms with Crippen LogP contribution in [0.15, 0.2) is 0 Å². The molecule has 18 heavy (non-hydrogen) atoms. The van der Waals surface area contributed by atoms with E-state index in [1.807, 2.05) is 0 Å². The Morgan fingerprint density at radius 1 is 1.00 bits per heavy atom. The van der Waals surface area contributed by atoms with Crippen LogP contribution in [0, 0.1) is 5.92 Å². The molecule has 2 aliphatic heterocycles. The Bertz CT molecular complexity index is 237. The Hall–Kier alpha value is -0.0800. The molecule has 0 N–H and O–H groups in total. The van der Waals surface area contributed by atoms with E-state index in [4.69, 9.17) is 0 Å². The molecule has 106 valence electrons. The van der Waals surface area contributed by atoms with Gasteiger partial charge in [0.15, 0.2) is 0 Å². The zero-order chi connectivity index (χ0) is 13.0. The van der Waals surface area contributed by atoms with Crippen molar-refractivity contribution >= 4 is 0 Å². The van der Waals surface area contributed by atoms with Crippen LogP contribution in [-0.2, 0) is 0 Å². The smallest absolute Gasteiger partial charge is 0.0221 e. The summed E-state index contributed by atoms with van der Waals surface area (Å²) in [5, 5.41) is 0. The first-order valence-corrected chi connectivity index (χ1v) is 8.14. The molecule has 0 aromatic heterocycles. The number of nitrogens with zero attached hydrogens (tertiary/aromatic N) is 2. The minimum Gasteiger partial charge on any atom is -0.306 e. The Labute approximate surface area is 114 Å². The van der Waals surface area contributed by atoms with Gasteiger partial charge in [-0.3, -0.25) is 4.90 Å². The van der Waals surface area contributed by atoms with E-state index in [0.717, 1.165) is 5.92 Å². The summed E-state index contributed by atoms with van der Waals surface area (Å²) in [5.41, 5.74) is 0.604. The molecule has 0 bridgehead atoms. The molecule has 2 fully saturated rings. The van der Waals surface area contributed by atoms with E-state index in [2.05, 4.69) is 30.7 Å². The molecule has 2 nitrogen and oxygen atoms in total. The summed E-state index contributed by atoms with van der Waals surface area (Å²) in [6.45, 7) is 10.1. The van der Waals surface area contributed by atoms with Gasteiger partial charge in [-0.1, -0.05) is 26.7 Å². The maximum Gasteiger partial charge on any atom is 0.0221 e. The summed E-state index contributed by atoms with van der Waals surface area (Å²) in [6, 6.07) is 0. The van der Waals surface area contributed by atoms with Crippen molar-refractivity contribution in [2.75, 3.05) is 33.2 Å². The minimum absolute atomic E-state index is 0.604. The van der Waals surface area contributed by atoms with Crippen molar-refractivity contribution in [3.8, 4) is 0 Å². The highest BCUT2D eigenvalue weighted by molar-refractivity contribution is 4.99. The number of hydrogen-bond donors (Lipinski definition) is 0. The molecule has 2 saturated heterocycles. The highest BCUT2D eigenvalue weighted by atomic mass is 15.3. The van der Waals surface area contributed by atoms with E-state index in [-0.39, 0.29) is 0 Å². The molecule has 0 spiro atoms. The number of piperidine rings is 1. The van der Waals surface area contributed by atoms with Gasteiger partial charge in [-0.05, 0) is 58.2 Å². The second-order valence-electron chi connectivity index (χ2n) is 6.67. The van der Waals surface area contributed by atoms with Gasteiger partial charge in [-0.25, -0.2) is 0 Å². The van der Waals surface area contributed by atoms with Crippen molar-refractivity contribution in [3.63, 3.8) is 0 Å². The lowest BCUT2D eigenvalue weighted by Crippen LogP contribution is -2.61. The lowest BCUT2D eigenvalue weighted by atomic mass is 9.76. The third kappa shape index (κ3) is 3.08. The normalized spacial score (nSPS) is 26.2. The second kappa shape index (κ2) is 6.38. The van der Waals surface area contributed by atoms with E-state index < -0.39 is 0 Å². The molecule has 0 saturated carbocycles. The molecular weight excluding hydrogens is 220 g/mol. The number of hydrogen-bond acceptors (Lipinski definition) is 2. The van der Waals surface area contributed by atoms with Crippen molar-refractivity contribution in [2.24, 2.45) is 5.92 Å². The second-order valence-corrected chi connectivity index (χ2v) is 6.67. The van der Waals surface area contributed by atoms with Crippen molar-refractivity contribution in [2.45, 2.75) is 64.3 Å². The quantitative estimate of drug-likeness (QED) is 0.715. The SMILES string of the molecule is CCCC1(CCC)CCN1CC1CCN(C)CC1. The predicted molar refractivity (Wildman–Crippen MR) is 79.0 cm³/mol. The number of likely N-dealkylation sites (tertiary alicyclic amines) is 2. The van der Waals surface area contributed by atoms with Crippen LogP contribution in [0.3, 0.4) is 0 Å². The van der Waals surface area contributed by atoms with Crippen LogP contribution in [0.1, 0.15) is 58.8 Å². The summed E-state index contributed by atoms with van der Waals surface area (Å²) in [7, 11) is 2.26. The molecular formula is C16H32N2. The van der Waals surface area contributed by atoms with Gasteiger partial charge in [-0.15, -0.1) is 0 Å². The van der Waals surface area contributed by atoms with E-state index in [0.29, 0.717) is 5.54 Å². The molecule has 2 aliphatic rings. The molecule has 0 aromatic carbocycles. The first kappa shape index (κ1) is 14.3. The Morgan fingerprint density at radius 3 is 2.06 bits per heavy atom. The summed E-state index contributed by atoms with van der Waals surface area (Å²) in [6.07, 6.45) is 9.85. The lowest BCUT2D eigenvalue weighted by molar-refractivity contribution is -0.0451. The third-order valence-electron chi connectivity index (χ3n) is 5.27. The van der Waals surface area contributed by atoms with Gasteiger partial charge in [-0.2, -0.15) is 0 Å². The van der Waals surface area contributed by atoms with Crippen LogP contribution in [0.4, 0.5) is 0 Å². The highest BCUT2D eigenvalue weighted by Gasteiger charge is 2.43. The third-order valence-corrected chi connectivity index (χ3v) is 5.27. The van der Waals surface area contributed by atoms with Crippen LogP contribution in [-0.4, -0.2) is 48.6 Å². The average Bonchev–Trinajstić information content (AvgIpc) is 2.36. The van der Waals surface area contributed by atoms with Crippen LogP contribution in [0.5, 0.6) is 0 Å². The van der Waals surface area contributed by atoms with E-state index >= 15 is 0 Å². The van der Waals surface area contributed by atoms with E-state index in [1.54, 1.807) is 0 Å². The van der Waals surface area contributed by atoms with Gasteiger partial charge in [0, 0.05) is 18.6 Å². The van der Waals surface area contributed by atoms with Crippen molar-refractivity contribution in [1.82, 2.24) is 9.80 Å². The zero-order valence-electron chi connectivity index (χ0n) is 12.7. The van der Waals surface area contributed by atoms with Gasteiger partial charge in [0.2, 0.25) is 0 Å². The largest absolute Gasteiger partial charge is 0.306 e. The van der Waals surface area contributed by atoms with Crippen LogP contribution in [0.25, 0.3) is 0 Å².